The Morgan fingerprint density at radius 3 is 2.27 bits per heavy atom. The second kappa shape index (κ2) is 8.61. The minimum absolute atomic E-state index is 0.189. The molecule has 0 bridgehead atoms. The summed E-state index contributed by atoms with van der Waals surface area (Å²) >= 11 is 0. The van der Waals surface area contributed by atoms with Gasteiger partial charge in [0.2, 0.25) is 0 Å². The summed E-state index contributed by atoms with van der Waals surface area (Å²) in [6.07, 6.45) is -1.01. The molecular formula is C18H18FN3O4. The highest BCUT2D eigenvalue weighted by Gasteiger charge is 2.18. The third kappa shape index (κ3) is 5.59. The molecule has 3 amide bonds. The molecule has 8 heteroatoms. The number of anilines is 1. The quantitative estimate of drug-likeness (QED) is 0.687. The van der Waals surface area contributed by atoms with E-state index in [0.29, 0.717) is 5.69 Å². The fourth-order valence-electron chi connectivity index (χ4n) is 2.05. The molecule has 0 radical (unpaired) electrons. The molecule has 2 aromatic rings. The fourth-order valence-corrected chi connectivity index (χ4v) is 2.05. The van der Waals surface area contributed by atoms with Gasteiger partial charge in [0.25, 0.3) is 5.91 Å². The normalized spacial score (nSPS) is 11.3. The van der Waals surface area contributed by atoms with Crippen LogP contribution in [-0.4, -0.2) is 24.0 Å². The standard InChI is InChI=1S/C18H18FN3O4/c1-11(16(23)21-10-12-2-6-14(19)7-3-12)26-17(24)13-4-8-15(9-5-13)22-18(20)25/h2-9,11H,10H2,1H3,(H,21,23)(H3,20,22,25)/t11-/m0/s1. The van der Waals surface area contributed by atoms with Gasteiger partial charge in [0, 0.05) is 12.2 Å². The van der Waals surface area contributed by atoms with Crippen molar-refractivity contribution in [3.63, 3.8) is 0 Å². The monoisotopic (exact) mass is 359 g/mol. The number of hydrogen-bond acceptors (Lipinski definition) is 4. The minimum Gasteiger partial charge on any atom is -0.449 e. The molecule has 2 aromatic carbocycles. The number of benzene rings is 2. The lowest BCUT2D eigenvalue weighted by atomic mass is 10.2. The Balaban J connectivity index is 1.86. The van der Waals surface area contributed by atoms with Gasteiger partial charge in [-0.05, 0) is 48.9 Å². The van der Waals surface area contributed by atoms with Gasteiger partial charge in [0.05, 0.1) is 5.56 Å². The van der Waals surface area contributed by atoms with Crippen LogP contribution in [0.2, 0.25) is 0 Å². The van der Waals surface area contributed by atoms with Crippen LogP contribution in [0.15, 0.2) is 48.5 Å². The first-order chi connectivity index (χ1) is 12.3. The van der Waals surface area contributed by atoms with Crippen LogP contribution < -0.4 is 16.4 Å². The molecule has 26 heavy (non-hydrogen) atoms. The number of esters is 1. The van der Waals surface area contributed by atoms with Gasteiger partial charge in [-0.2, -0.15) is 0 Å². The lowest BCUT2D eigenvalue weighted by molar-refractivity contribution is -0.129. The molecule has 0 aliphatic carbocycles. The van der Waals surface area contributed by atoms with Crippen molar-refractivity contribution in [2.75, 3.05) is 5.32 Å². The Kier molecular flexibility index (Phi) is 6.26. The summed E-state index contributed by atoms with van der Waals surface area (Å²) in [5, 5.41) is 4.97. The van der Waals surface area contributed by atoms with E-state index in [1.54, 1.807) is 12.1 Å². The molecule has 2 rings (SSSR count). The van der Waals surface area contributed by atoms with Crippen LogP contribution in [0.1, 0.15) is 22.8 Å². The summed E-state index contributed by atoms with van der Waals surface area (Å²) in [4.78, 5) is 34.8. The van der Waals surface area contributed by atoms with Crippen molar-refractivity contribution in [2.45, 2.75) is 19.6 Å². The molecule has 7 nitrogen and oxygen atoms in total. The second-order valence-corrected chi connectivity index (χ2v) is 5.46. The van der Waals surface area contributed by atoms with Gasteiger partial charge < -0.3 is 21.1 Å². The lowest BCUT2D eigenvalue weighted by Gasteiger charge is -2.14. The molecular weight excluding hydrogens is 341 g/mol. The van der Waals surface area contributed by atoms with Crippen molar-refractivity contribution < 1.29 is 23.5 Å². The number of nitrogens with two attached hydrogens (primary N) is 1. The summed E-state index contributed by atoms with van der Waals surface area (Å²) in [7, 11) is 0. The van der Waals surface area contributed by atoms with Gasteiger partial charge in [-0.1, -0.05) is 12.1 Å². The average Bonchev–Trinajstić information content (AvgIpc) is 2.61. The molecule has 4 N–H and O–H groups in total. The molecule has 0 aliphatic rings. The van der Waals surface area contributed by atoms with E-state index < -0.39 is 24.0 Å². The maximum atomic E-state index is 12.8. The smallest absolute Gasteiger partial charge is 0.338 e. The summed E-state index contributed by atoms with van der Waals surface area (Å²) in [5.41, 5.74) is 6.36. The van der Waals surface area contributed by atoms with Crippen molar-refractivity contribution in [3.05, 3.63) is 65.5 Å². The Morgan fingerprint density at radius 2 is 1.69 bits per heavy atom. The molecule has 0 saturated heterocycles. The second-order valence-electron chi connectivity index (χ2n) is 5.46. The van der Waals surface area contributed by atoms with E-state index in [4.69, 9.17) is 10.5 Å². The molecule has 0 unspecified atom stereocenters. The lowest BCUT2D eigenvalue weighted by Crippen LogP contribution is -2.35. The number of hydrogen-bond donors (Lipinski definition) is 3. The first-order valence-electron chi connectivity index (χ1n) is 7.75. The highest BCUT2D eigenvalue weighted by atomic mass is 19.1. The topological polar surface area (TPSA) is 111 Å². The SMILES string of the molecule is C[C@H](OC(=O)c1ccc(NC(N)=O)cc1)C(=O)NCc1ccc(F)cc1. The van der Waals surface area contributed by atoms with Gasteiger partial charge in [-0.25, -0.2) is 14.0 Å². The third-order valence-corrected chi connectivity index (χ3v) is 3.42. The molecule has 1 atom stereocenters. The molecule has 0 heterocycles. The number of halogens is 1. The minimum atomic E-state index is -1.01. The molecule has 0 spiro atoms. The number of rotatable bonds is 6. The summed E-state index contributed by atoms with van der Waals surface area (Å²) in [6.45, 7) is 1.63. The first kappa shape index (κ1) is 18.9. The molecule has 0 saturated carbocycles. The molecule has 0 aliphatic heterocycles. The van der Waals surface area contributed by atoms with E-state index in [1.807, 2.05) is 0 Å². The van der Waals surface area contributed by atoms with E-state index in [9.17, 15) is 18.8 Å². The number of amides is 3. The summed E-state index contributed by atoms with van der Waals surface area (Å²) in [6, 6.07) is 10.8. The number of carbonyl (C=O) groups excluding carboxylic acids is 3. The van der Waals surface area contributed by atoms with Gasteiger partial charge in [-0.15, -0.1) is 0 Å². The van der Waals surface area contributed by atoms with Crippen LogP contribution in [0, 0.1) is 5.82 Å². The average molecular weight is 359 g/mol. The summed E-state index contributed by atoms with van der Waals surface area (Å²) < 4.78 is 17.9. The Labute approximate surface area is 149 Å². The molecule has 0 aromatic heterocycles. The largest absolute Gasteiger partial charge is 0.449 e. The van der Waals surface area contributed by atoms with E-state index in [-0.39, 0.29) is 17.9 Å². The predicted molar refractivity (Wildman–Crippen MR) is 92.8 cm³/mol. The molecule has 136 valence electrons. The summed E-state index contributed by atoms with van der Waals surface area (Å²) in [5.74, 6) is -1.52. The van der Waals surface area contributed by atoms with Gasteiger partial charge in [0.1, 0.15) is 5.82 Å². The van der Waals surface area contributed by atoms with Crippen LogP contribution >= 0.6 is 0 Å². The van der Waals surface area contributed by atoms with Crippen LogP contribution in [0.5, 0.6) is 0 Å². The van der Waals surface area contributed by atoms with Crippen LogP contribution in [0.4, 0.5) is 14.9 Å². The number of ether oxygens (including phenoxy) is 1. The Hall–Kier alpha value is -3.42. The zero-order valence-electron chi connectivity index (χ0n) is 14.0. The van der Waals surface area contributed by atoms with Crippen LogP contribution in [0.25, 0.3) is 0 Å². The molecule has 0 fully saturated rings. The van der Waals surface area contributed by atoms with Gasteiger partial charge in [-0.3, -0.25) is 4.79 Å². The van der Waals surface area contributed by atoms with Crippen molar-refractivity contribution in [1.29, 1.82) is 0 Å². The predicted octanol–water partition coefficient (Wildman–Crippen LogP) is 2.18. The van der Waals surface area contributed by atoms with Crippen LogP contribution in [-0.2, 0) is 16.1 Å². The number of nitrogens with one attached hydrogen (secondary N) is 2. The Morgan fingerprint density at radius 1 is 1.08 bits per heavy atom. The van der Waals surface area contributed by atoms with Crippen LogP contribution in [0.3, 0.4) is 0 Å². The number of primary amides is 1. The maximum absolute atomic E-state index is 12.8. The fraction of sp³-hybridized carbons (Fsp3) is 0.167. The first-order valence-corrected chi connectivity index (χ1v) is 7.75. The Bertz CT molecular complexity index is 791. The van der Waals surface area contributed by atoms with Crippen molar-refractivity contribution in [1.82, 2.24) is 5.32 Å². The zero-order chi connectivity index (χ0) is 19.1. The number of carbonyl (C=O) groups is 3. The van der Waals surface area contributed by atoms with E-state index in [1.165, 1.54) is 43.3 Å². The van der Waals surface area contributed by atoms with E-state index in [0.717, 1.165) is 5.56 Å². The highest BCUT2D eigenvalue weighted by Crippen LogP contribution is 2.11. The maximum Gasteiger partial charge on any atom is 0.338 e. The number of urea groups is 1. The van der Waals surface area contributed by atoms with E-state index in [2.05, 4.69) is 10.6 Å². The highest BCUT2D eigenvalue weighted by molar-refractivity contribution is 5.93. The third-order valence-electron chi connectivity index (χ3n) is 3.42. The van der Waals surface area contributed by atoms with Crippen molar-refractivity contribution in [3.8, 4) is 0 Å². The van der Waals surface area contributed by atoms with Crippen molar-refractivity contribution in [2.24, 2.45) is 5.73 Å². The van der Waals surface area contributed by atoms with Crippen molar-refractivity contribution >= 4 is 23.6 Å². The van der Waals surface area contributed by atoms with Gasteiger partial charge in [0.15, 0.2) is 6.10 Å². The zero-order valence-corrected chi connectivity index (χ0v) is 14.0. The van der Waals surface area contributed by atoms with Gasteiger partial charge >= 0.3 is 12.0 Å². The van der Waals surface area contributed by atoms with E-state index >= 15 is 0 Å².